The zero-order chi connectivity index (χ0) is 14.7. The summed E-state index contributed by atoms with van der Waals surface area (Å²) in [7, 11) is 0. The Hall–Kier alpha value is 0.960. The summed E-state index contributed by atoms with van der Waals surface area (Å²) >= 11 is 10.6. The average Bonchev–Trinajstić information content (AvgIpc) is 2.45. The van der Waals surface area contributed by atoms with Crippen LogP contribution in [0.15, 0.2) is 19.5 Å². The number of aromatic hydroxyl groups is 1. The van der Waals surface area contributed by atoms with E-state index >= 15 is 0 Å². The highest BCUT2D eigenvalue weighted by Crippen LogP contribution is 2.44. The van der Waals surface area contributed by atoms with E-state index in [0.29, 0.717) is 10.5 Å². The molecule has 1 fully saturated rings. The van der Waals surface area contributed by atoms with Crippen LogP contribution in [0.25, 0.3) is 0 Å². The van der Waals surface area contributed by atoms with Crippen molar-refractivity contribution in [2.75, 3.05) is 26.2 Å². The van der Waals surface area contributed by atoms with Gasteiger partial charge in [0.05, 0.1) is 8.95 Å². The molecule has 2 N–H and O–H groups in total. The second kappa shape index (κ2) is 10.7. The van der Waals surface area contributed by atoms with Gasteiger partial charge in [0, 0.05) is 42.3 Å². The first-order valence-electron chi connectivity index (χ1n) is 6.87. The van der Waals surface area contributed by atoms with Gasteiger partial charge in [-0.1, -0.05) is 29.3 Å². The van der Waals surface area contributed by atoms with Gasteiger partial charge in [0.25, 0.3) is 0 Å². The smallest absolute Gasteiger partial charge is 0.144 e. The van der Waals surface area contributed by atoms with Crippen molar-refractivity contribution in [3.63, 3.8) is 0 Å². The van der Waals surface area contributed by atoms with Crippen LogP contribution in [-0.2, 0) is 0 Å². The molecule has 0 aromatic heterocycles. The molecule has 0 aliphatic carbocycles. The van der Waals surface area contributed by atoms with Crippen LogP contribution in [0.1, 0.15) is 31.4 Å². The minimum absolute atomic E-state index is 0. The monoisotopic (exact) mass is 540 g/mol. The van der Waals surface area contributed by atoms with Crippen LogP contribution < -0.4 is 5.32 Å². The average molecular weight is 544 g/mol. The van der Waals surface area contributed by atoms with E-state index in [1.54, 1.807) is 0 Å². The number of piperazine rings is 1. The van der Waals surface area contributed by atoms with E-state index < -0.39 is 0 Å². The van der Waals surface area contributed by atoms with Gasteiger partial charge in [-0.25, -0.2) is 0 Å². The summed E-state index contributed by atoms with van der Waals surface area (Å²) in [6.45, 7) is 6.34. The number of rotatable bonds is 4. The van der Waals surface area contributed by atoms with Crippen LogP contribution in [0.4, 0.5) is 0 Å². The van der Waals surface area contributed by atoms with Gasteiger partial charge in [0.1, 0.15) is 5.75 Å². The molecule has 1 atom stereocenters. The molecule has 1 aliphatic heterocycles. The lowest BCUT2D eigenvalue weighted by Gasteiger charge is -2.36. The minimum atomic E-state index is 0. The van der Waals surface area contributed by atoms with Crippen LogP contribution in [0.2, 0.25) is 0 Å². The van der Waals surface area contributed by atoms with E-state index in [4.69, 9.17) is 0 Å². The number of nitrogens with zero attached hydrogens (tertiary/aromatic N) is 1. The summed E-state index contributed by atoms with van der Waals surface area (Å²) in [5.41, 5.74) is 1.15. The molecule has 0 spiro atoms. The number of halogens is 5. The molecule has 1 saturated heterocycles. The van der Waals surface area contributed by atoms with Crippen LogP contribution in [0.3, 0.4) is 0 Å². The molecule has 22 heavy (non-hydrogen) atoms. The van der Waals surface area contributed by atoms with Gasteiger partial charge in [-0.3, -0.25) is 4.90 Å². The molecule has 2 rings (SSSR count). The molecule has 128 valence electrons. The van der Waals surface area contributed by atoms with Crippen LogP contribution in [0.5, 0.6) is 5.75 Å². The van der Waals surface area contributed by atoms with Crippen molar-refractivity contribution in [1.82, 2.24) is 10.2 Å². The second-order valence-electron chi connectivity index (χ2n) is 5.01. The molecule has 1 aromatic carbocycles. The summed E-state index contributed by atoms with van der Waals surface area (Å²) in [6.07, 6.45) is 2.20. The maximum absolute atomic E-state index is 10.2. The predicted molar refractivity (Wildman–Crippen MR) is 108 cm³/mol. The largest absolute Gasteiger partial charge is 0.506 e. The molecule has 1 aromatic rings. The van der Waals surface area contributed by atoms with E-state index in [1.165, 1.54) is 0 Å². The Morgan fingerprint density at radius 2 is 1.77 bits per heavy atom. The zero-order valence-electron chi connectivity index (χ0n) is 12.2. The second-order valence-corrected chi connectivity index (χ2v) is 7.51. The first-order chi connectivity index (χ1) is 9.56. The summed E-state index contributed by atoms with van der Waals surface area (Å²) in [5, 5.41) is 13.6. The fourth-order valence-electron chi connectivity index (χ4n) is 2.68. The van der Waals surface area contributed by atoms with Gasteiger partial charge in [0.15, 0.2) is 0 Å². The third kappa shape index (κ3) is 5.23. The van der Waals surface area contributed by atoms with Crippen molar-refractivity contribution in [3.8, 4) is 5.75 Å². The highest BCUT2D eigenvalue weighted by Gasteiger charge is 2.27. The SMILES string of the molecule is CCC[C@H](c1c(Br)cc(Br)c(O)c1Br)N1CCNCC1.Cl.Cl. The Labute approximate surface area is 169 Å². The van der Waals surface area contributed by atoms with Crippen molar-refractivity contribution in [3.05, 3.63) is 25.0 Å². The molecule has 0 amide bonds. The third-order valence-electron chi connectivity index (χ3n) is 3.67. The standard InChI is InChI=1S/C14H19Br3N2O.2ClH/c1-2-3-11(19-6-4-18-5-7-19)12-9(15)8-10(16)14(20)13(12)17;;/h8,11,18,20H,2-7H2,1H3;2*1H/t11-;;/m1../s1. The van der Waals surface area contributed by atoms with E-state index in [0.717, 1.165) is 53.5 Å². The summed E-state index contributed by atoms with van der Waals surface area (Å²) in [6, 6.07) is 2.25. The van der Waals surface area contributed by atoms with E-state index in [2.05, 4.69) is 64.9 Å². The van der Waals surface area contributed by atoms with Crippen molar-refractivity contribution in [2.24, 2.45) is 0 Å². The molecular weight excluding hydrogens is 523 g/mol. The first kappa shape index (κ1) is 23.0. The van der Waals surface area contributed by atoms with Crippen molar-refractivity contribution >= 4 is 72.6 Å². The quantitative estimate of drug-likeness (QED) is 0.543. The number of benzene rings is 1. The van der Waals surface area contributed by atoms with Gasteiger partial charge in [-0.15, -0.1) is 24.8 Å². The number of phenolic OH excluding ortho intramolecular Hbond substituents is 1. The third-order valence-corrected chi connectivity index (χ3v) is 5.73. The van der Waals surface area contributed by atoms with Gasteiger partial charge in [0.2, 0.25) is 0 Å². The molecule has 3 nitrogen and oxygen atoms in total. The van der Waals surface area contributed by atoms with Gasteiger partial charge in [-0.05, 0) is 44.3 Å². The lowest BCUT2D eigenvalue weighted by Crippen LogP contribution is -2.45. The fourth-order valence-corrected chi connectivity index (χ4v) is 5.33. The highest BCUT2D eigenvalue weighted by molar-refractivity contribution is 9.11. The van der Waals surface area contributed by atoms with E-state index in [1.807, 2.05) is 6.07 Å². The zero-order valence-corrected chi connectivity index (χ0v) is 18.6. The predicted octanol–water partition coefficient (Wildman–Crippen LogP) is 5.27. The van der Waals surface area contributed by atoms with E-state index in [9.17, 15) is 5.11 Å². The first-order valence-corrected chi connectivity index (χ1v) is 9.25. The number of hydrogen-bond donors (Lipinski definition) is 2. The molecular formula is C14H21Br3Cl2N2O. The van der Waals surface area contributed by atoms with Gasteiger partial charge in [-0.2, -0.15) is 0 Å². The Balaban J connectivity index is 0.00000220. The molecule has 0 bridgehead atoms. The van der Waals surface area contributed by atoms with Gasteiger partial charge < -0.3 is 10.4 Å². The number of phenols is 1. The highest BCUT2D eigenvalue weighted by atomic mass is 79.9. The normalized spacial score (nSPS) is 16.5. The number of nitrogens with one attached hydrogen (secondary N) is 1. The van der Waals surface area contributed by atoms with E-state index in [-0.39, 0.29) is 30.6 Å². The van der Waals surface area contributed by atoms with Crippen LogP contribution in [0, 0.1) is 0 Å². The lowest BCUT2D eigenvalue weighted by molar-refractivity contribution is 0.163. The molecule has 0 radical (unpaired) electrons. The summed E-state index contributed by atoms with van der Waals surface area (Å²) in [4.78, 5) is 2.50. The Morgan fingerprint density at radius 1 is 1.18 bits per heavy atom. The number of hydrogen-bond acceptors (Lipinski definition) is 3. The van der Waals surface area contributed by atoms with Gasteiger partial charge >= 0.3 is 0 Å². The summed E-state index contributed by atoms with van der Waals surface area (Å²) < 4.78 is 2.53. The summed E-state index contributed by atoms with van der Waals surface area (Å²) in [5.74, 6) is 0.277. The molecule has 0 saturated carbocycles. The maximum atomic E-state index is 10.2. The molecule has 1 heterocycles. The Bertz CT molecular complexity index is 486. The molecule has 0 unspecified atom stereocenters. The Morgan fingerprint density at radius 3 is 2.32 bits per heavy atom. The lowest BCUT2D eigenvalue weighted by atomic mass is 9.99. The van der Waals surface area contributed by atoms with Crippen LogP contribution >= 0.6 is 72.6 Å². The Kier molecular flexibility index (Phi) is 11.2. The maximum Gasteiger partial charge on any atom is 0.144 e. The molecule has 1 aliphatic rings. The van der Waals surface area contributed by atoms with Crippen molar-refractivity contribution in [1.29, 1.82) is 0 Å². The molecule has 8 heteroatoms. The topological polar surface area (TPSA) is 35.5 Å². The fraction of sp³-hybridized carbons (Fsp3) is 0.571. The van der Waals surface area contributed by atoms with Crippen molar-refractivity contribution in [2.45, 2.75) is 25.8 Å². The minimum Gasteiger partial charge on any atom is -0.506 e. The van der Waals surface area contributed by atoms with Crippen LogP contribution in [-0.4, -0.2) is 36.2 Å². The van der Waals surface area contributed by atoms with Crippen molar-refractivity contribution < 1.29 is 5.11 Å².